The Morgan fingerprint density at radius 3 is 1.94 bits per heavy atom. The van der Waals surface area contributed by atoms with Gasteiger partial charge in [0, 0.05) is 13.1 Å². The topological polar surface area (TPSA) is 325 Å². The first kappa shape index (κ1) is 39.8. The SMILES string of the molecule is NC(N)=NCCC[C@@H]1NC(=O)CNC(=O)[C@@H]2CCCN2C(=O)[C@H](CO)NC(=O)[C@H](CC(=O)O)NC(=O)CNC1=O.O=C(O)C(F)(F)F. The van der Waals surface area contributed by atoms with Crippen LogP contribution in [-0.4, -0.2) is 137 Å². The number of nitrogens with zero attached hydrogens (tertiary/aromatic N) is 2. The van der Waals surface area contributed by atoms with Gasteiger partial charge in [-0.2, -0.15) is 13.2 Å². The zero-order valence-electron chi connectivity index (χ0n) is 24.7. The molecule has 47 heavy (non-hydrogen) atoms. The highest BCUT2D eigenvalue weighted by Crippen LogP contribution is 2.19. The summed E-state index contributed by atoms with van der Waals surface area (Å²) in [7, 11) is 0. The molecule has 0 aromatic rings. The van der Waals surface area contributed by atoms with Crippen LogP contribution >= 0.6 is 0 Å². The van der Waals surface area contributed by atoms with Gasteiger partial charge in [-0.25, -0.2) is 4.79 Å². The first-order valence-electron chi connectivity index (χ1n) is 13.8. The summed E-state index contributed by atoms with van der Waals surface area (Å²) in [5, 5.41) is 37.6. The quantitative estimate of drug-likeness (QED) is 0.0683. The molecule has 23 heteroatoms. The third kappa shape index (κ3) is 14.2. The summed E-state index contributed by atoms with van der Waals surface area (Å²) in [6, 6.07) is -5.34. The summed E-state index contributed by atoms with van der Waals surface area (Å²) in [5.74, 6) is -9.32. The van der Waals surface area contributed by atoms with Crippen molar-refractivity contribution < 1.29 is 66.8 Å². The molecule has 20 nitrogen and oxygen atoms in total. The number of aliphatic carboxylic acids is 2. The number of carboxylic acids is 2. The van der Waals surface area contributed by atoms with Crippen molar-refractivity contribution in [1.82, 2.24) is 31.5 Å². The van der Waals surface area contributed by atoms with E-state index in [0.29, 0.717) is 6.42 Å². The van der Waals surface area contributed by atoms with Gasteiger partial charge in [0.2, 0.25) is 35.4 Å². The Kier molecular flexibility index (Phi) is 15.8. The van der Waals surface area contributed by atoms with Crippen molar-refractivity contribution in [1.29, 1.82) is 0 Å². The highest BCUT2D eigenvalue weighted by atomic mass is 19.4. The number of guanidine groups is 1. The fraction of sp³-hybridized carbons (Fsp3) is 0.625. The largest absolute Gasteiger partial charge is 0.490 e. The number of hydrogen-bond donors (Lipinski definition) is 10. The van der Waals surface area contributed by atoms with E-state index in [0.717, 1.165) is 4.90 Å². The third-order valence-electron chi connectivity index (χ3n) is 6.35. The van der Waals surface area contributed by atoms with Crippen LogP contribution in [0.15, 0.2) is 4.99 Å². The lowest BCUT2D eigenvalue weighted by atomic mass is 10.1. The van der Waals surface area contributed by atoms with Crippen LogP contribution in [0.25, 0.3) is 0 Å². The number of alkyl halides is 3. The Morgan fingerprint density at radius 1 is 0.872 bits per heavy atom. The molecule has 2 rings (SSSR count). The molecule has 0 radical (unpaired) electrons. The molecule has 2 saturated heterocycles. The van der Waals surface area contributed by atoms with Crippen LogP contribution in [0.2, 0.25) is 0 Å². The first-order valence-corrected chi connectivity index (χ1v) is 13.8. The van der Waals surface area contributed by atoms with E-state index in [1.54, 1.807) is 0 Å². The van der Waals surface area contributed by atoms with E-state index in [9.17, 15) is 56.9 Å². The second-order valence-corrected chi connectivity index (χ2v) is 9.96. The number of fused-ring (bicyclic) bond motifs is 1. The van der Waals surface area contributed by atoms with Crippen molar-refractivity contribution in [2.24, 2.45) is 16.5 Å². The highest BCUT2D eigenvalue weighted by molar-refractivity contribution is 5.97. The van der Waals surface area contributed by atoms with Gasteiger partial charge in [0.05, 0.1) is 26.1 Å². The number of nitrogens with two attached hydrogens (primary N) is 2. The van der Waals surface area contributed by atoms with Crippen molar-refractivity contribution in [3.05, 3.63) is 0 Å². The molecule has 4 atom stereocenters. The van der Waals surface area contributed by atoms with Gasteiger partial charge >= 0.3 is 18.1 Å². The number of rotatable bonds is 7. The summed E-state index contributed by atoms with van der Waals surface area (Å²) in [6.45, 7) is -1.80. The molecule has 2 aliphatic heterocycles. The lowest BCUT2D eigenvalue weighted by Crippen LogP contribution is -2.59. The predicted molar refractivity (Wildman–Crippen MR) is 149 cm³/mol. The van der Waals surface area contributed by atoms with Crippen LogP contribution in [0.5, 0.6) is 0 Å². The summed E-state index contributed by atoms with van der Waals surface area (Å²) < 4.78 is 31.7. The molecule has 0 bridgehead atoms. The number of amides is 6. The Labute approximate surface area is 263 Å². The molecule has 2 aliphatic rings. The monoisotopic (exact) mass is 683 g/mol. The van der Waals surface area contributed by atoms with Crippen molar-refractivity contribution in [2.75, 3.05) is 32.8 Å². The zero-order valence-corrected chi connectivity index (χ0v) is 24.7. The minimum absolute atomic E-state index is 0.0570. The van der Waals surface area contributed by atoms with Gasteiger partial charge in [-0.15, -0.1) is 0 Å². The smallest absolute Gasteiger partial charge is 0.481 e. The fourth-order valence-electron chi connectivity index (χ4n) is 4.18. The summed E-state index contributed by atoms with van der Waals surface area (Å²) in [6.07, 6.45) is -4.95. The van der Waals surface area contributed by atoms with Crippen molar-refractivity contribution in [3.63, 3.8) is 0 Å². The molecule has 0 spiro atoms. The number of aliphatic hydroxyl groups is 1. The first-order chi connectivity index (χ1) is 21.9. The molecule has 0 aromatic heterocycles. The van der Waals surface area contributed by atoms with Gasteiger partial charge in [0.1, 0.15) is 24.2 Å². The summed E-state index contributed by atoms with van der Waals surface area (Å²) >= 11 is 0. The van der Waals surface area contributed by atoms with Gasteiger partial charge in [0.15, 0.2) is 5.96 Å². The number of hydrogen-bond acceptors (Lipinski definition) is 10. The molecule has 0 saturated carbocycles. The van der Waals surface area contributed by atoms with E-state index in [-0.39, 0.29) is 38.3 Å². The maximum absolute atomic E-state index is 13.1. The molecular formula is C24H36F3N9O11. The summed E-state index contributed by atoms with van der Waals surface area (Å²) in [5.41, 5.74) is 10.6. The van der Waals surface area contributed by atoms with Gasteiger partial charge < -0.3 is 58.3 Å². The molecule has 0 aromatic carbocycles. The van der Waals surface area contributed by atoms with E-state index in [4.69, 9.17) is 21.4 Å². The standard InChI is InChI=1S/C22H35N9O9.C2HF3O2/c23-22(24)25-5-1-3-11-18(37)26-8-16(34)29-12(7-17(35)36)19(38)30-13(10-32)21(40)31-6-2-4-14(31)20(39)27-9-15(33)28-11;3-2(4,5)1(6)7/h11-14,32H,1-10H2,(H,26,37)(H,27,39)(H,28,33)(H,29,34)(H,30,38)(H,35,36)(H4,23,24,25);(H,6,7)/t11-,12-,13-,14-;/m0./s1. The third-order valence-corrected chi connectivity index (χ3v) is 6.35. The second kappa shape index (κ2) is 18.7. The number of carbonyl (C=O) groups is 8. The number of halogens is 3. The van der Waals surface area contributed by atoms with Crippen molar-refractivity contribution in [3.8, 4) is 0 Å². The molecule has 0 unspecified atom stereocenters. The number of nitrogens with one attached hydrogen (secondary N) is 5. The predicted octanol–water partition coefficient (Wildman–Crippen LogP) is -5.17. The van der Waals surface area contributed by atoms with Crippen LogP contribution in [0.3, 0.4) is 0 Å². The van der Waals surface area contributed by atoms with E-state index in [1.165, 1.54) is 0 Å². The molecule has 2 fully saturated rings. The normalized spacial score (nSPS) is 23.2. The average Bonchev–Trinajstić information content (AvgIpc) is 3.47. The van der Waals surface area contributed by atoms with Crippen LogP contribution < -0.4 is 38.1 Å². The maximum Gasteiger partial charge on any atom is 0.490 e. The Hall–Kier alpha value is -5.22. The maximum atomic E-state index is 13.1. The number of carboxylic acid groups (broad SMARTS) is 2. The van der Waals surface area contributed by atoms with E-state index in [2.05, 4.69) is 31.6 Å². The minimum atomic E-state index is -5.08. The van der Waals surface area contributed by atoms with Gasteiger partial charge in [0.25, 0.3) is 0 Å². The van der Waals surface area contributed by atoms with Crippen LogP contribution in [0.1, 0.15) is 32.1 Å². The Bertz CT molecular complexity index is 1230. The lowest BCUT2D eigenvalue weighted by Gasteiger charge is -2.29. The lowest BCUT2D eigenvalue weighted by molar-refractivity contribution is -0.192. The Balaban J connectivity index is 0.00000141. The number of aliphatic imine (C=N–C) groups is 1. The van der Waals surface area contributed by atoms with Gasteiger partial charge in [-0.3, -0.25) is 38.6 Å². The Morgan fingerprint density at radius 2 is 1.43 bits per heavy atom. The van der Waals surface area contributed by atoms with Gasteiger partial charge in [-0.1, -0.05) is 0 Å². The van der Waals surface area contributed by atoms with Gasteiger partial charge in [-0.05, 0) is 25.7 Å². The van der Waals surface area contributed by atoms with E-state index < -0.39 is 104 Å². The van der Waals surface area contributed by atoms with Crippen LogP contribution in [-0.2, 0) is 38.4 Å². The molecule has 2 heterocycles. The molecule has 6 amide bonds. The van der Waals surface area contributed by atoms with Crippen LogP contribution in [0, 0.1) is 0 Å². The number of carbonyl (C=O) groups excluding carboxylic acids is 6. The number of aliphatic hydroxyl groups excluding tert-OH is 1. The zero-order chi connectivity index (χ0) is 35.9. The van der Waals surface area contributed by atoms with Crippen molar-refractivity contribution in [2.45, 2.75) is 62.4 Å². The second-order valence-electron chi connectivity index (χ2n) is 9.96. The average molecular weight is 684 g/mol. The molecule has 12 N–H and O–H groups in total. The van der Waals surface area contributed by atoms with Crippen LogP contribution in [0.4, 0.5) is 13.2 Å². The molecule has 0 aliphatic carbocycles. The molecular weight excluding hydrogens is 647 g/mol. The van der Waals surface area contributed by atoms with Crippen molar-refractivity contribution >= 4 is 53.3 Å². The summed E-state index contributed by atoms with van der Waals surface area (Å²) in [4.78, 5) is 102. The van der Waals surface area contributed by atoms with E-state index in [1.807, 2.05) is 0 Å². The fourth-order valence-corrected chi connectivity index (χ4v) is 4.18. The van der Waals surface area contributed by atoms with E-state index >= 15 is 0 Å². The minimum Gasteiger partial charge on any atom is -0.481 e. The highest BCUT2D eigenvalue weighted by Gasteiger charge is 2.39. The molecule has 264 valence electrons.